The first-order valence-electron chi connectivity index (χ1n) is 7.02. The van der Waals surface area contributed by atoms with Crippen molar-refractivity contribution in [3.05, 3.63) is 29.8 Å². The van der Waals surface area contributed by atoms with Crippen LogP contribution < -0.4 is 4.74 Å². The number of hydrogen-bond donors (Lipinski definition) is 1. The summed E-state index contributed by atoms with van der Waals surface area (Å²) >= 11 is 0. The molecule has 1 N–H and O–H groups in total. The second-order valence-corrected chi connectivity index (χ2v) is 7.28. The van der Waals surface area contributed by atoms with Gasteiger partial charge in [0.1, 0.15) is 12.4 Å². The summed E-state index contributed by atoms with van der Waals surface area (Å²) in [6, 6.07) is 8.15. The van der Waals surface area contributed by atoms with E-state index in [4.69, 9.17) is 4.74 Å². The summed E-state index contributed by atoms with van der Waals surface area (Å²) in [5, 5.41) is 9.37. The molecule has 1 rings (SSSR count). The molecule has 1 unspecified atom stereocenters. The molecule has 2 nitrogen and oxygen atoms in total. The summed E-state index contributed by atoms with van der Waals surface area (Å²) < 4.78 is 5.75. The molecule has 0 spiro atoms. The molecule has 0 heterocycles. The van der Waals surface area contributed by atoms with Gasteiger partial charge in [-0.05, 0) is 35.8 Å². The van der Waals surface area contributed by atoms with Crippen molar-refractivity contribution in [3.8, 4) is 5.75 Å². The van der Waals surface area contributed by atoms with Crippen molar-refractivity contribution in [3.63, 3.8) is 0 Å². The van der Waals surface area contributed by atoms with E-state index in [1.54, 1.807) is 6.92 Å². The van der Waals surface area contributed by atoms with Crippen LogP contribution in [0.3, 0.4) is 0 Å². The van der Waals surface area contributed by atoms with Gasteiger partial charge in [0, 0.05) is 0 Å². The van der Waals surface area contributed by atoms with Gasteiger partial charge in [-0.2, -0.15) is 0 Å². The average Bonchev–Trinajstić information content (AvgIpc) is 2.23. The molecular formula is C17H28O2. The van der Waals surface area contributed by atoms with Gasteiger partial charge in [0.25, 0.3) is 0 Å². The van der Waals surface area contributed by atoms with E-state index in [1.165, 1.54) is 5.56 Å². The lowest BCUT2D eigenvalue weighted by Crippen LogP contribution is -2.26. The Morgan fingerprint density at radius 2 is 1.68 bits per heavy atom. The van der Waals surface area contributed by atoms with Crippen molar-refractivity contribution < 1.29 is 9.84 Å². The predicted octanol–water partition coefficient (Wildman–Crippen LogP) is 4.16. The van der Waals surface area contributed by atoms with Crippen molar-refractivity contribution in [2.45, 2.75) is 59.5 Å². The normalized spacial score (nSPS) is 14.3. The van der Waals surface area contributed by atoms with Gasteiger partial charge in [-0.15, -0.1) is 0 Å². The SMILES string of the molecule is CC(O)COc1ccccc1C(C)(C)CC(C)(C)C. The van der Waals surface area contributed by atoms with Gasteiger partial charge in [0.15, 0.2) is 0 Å². The van der Waals surface area contributed by atoms with Crippen LogP contribution in [0.1, 0.15) is 53.5 Å². The highest BCUT2D eigenvalue weighted by atomic mass is 16.5. The maximum absolute atomic E-state index is 9.37. The van der Waals surface area contributed by atoms with E-state index in [-0.39, 0.29) is 10.8 Å². The molecule has 0 aromatic heterocycles. The van der Waals surface area contributed by atoms with E-state index in [0.717, 1.165) is 12.2 Å². The Hall–Kier alpha value is -1.02. The Labute approximate surface area is 117 Å². The van der Waals surface area contributed by atoms with Crippen molar-refractivity contribution in [2.24, 2.45) is 5.41 Å². The number of ether oxygens (including phenoxy) is 1. The fourth-order valence-electron chi connectivity index (χ4n) is 2.78. The molecule has 1 atom stereocenters. The summed E-state index contributed by atoms with van der Waals surface area (Å²) in [5.74, 6) is 0.887. The van der Waals surface area contributed by atoms with E-state index in [1.807, 2.05) is 12.1 Å². The number of aliphatic hydroxyl groups is 1. The summed E-state index contributed by atoms with van der Waals surface area (Å²) in [4.78, 5) is 0. The molecule has 0 aliphatic carbocycles. The summed E-state index contributed by atoms with van der Waals surface area (Å²) in [5.41, 5.74) is 1.53. The largest absolute Gasteiger partial charge is 0.491 e. The zero-order chi connectivity index (χ0) is 14.7. The maximum atomic E-state index is 9.37. The lowest BCUT2D eigenvalue weighted by atomic mass is 9.72. The number of para-hydroxylation sites is 1. The molecule has 0 amide bonds. The quantitative estimate of drug-likeness (QED) is 0.865. The van der Waals surface area contributed by atoms with Crippen LogP contribution in [0.15, 0.2) is 24.3 Å². The summed E-state index contributed by atoms with van der Waals surface area (Å²) in [7, 11) is 0. The third kappa shape index (κ3) is 5.23. The van der Waals surface area contributed by atoms with Gasteiger partial charge in [0.2, 0.25) is 0 Å². The monoisotopic (exact) mass is 264 g/mol. The molecule has 0 radical (unpaired) electrons. The van der Waals surface area contributed by atoms with Crippen LogP contribution in [0.25, 0.3) is 0 Å². The van der Waals surface area contributed by atoms with Crippen LogP contribution in [0, 0.1) is 5.41 Å². The Morgan fingerprint density at radius 1 is 1.11 bits per heavy atom. The zero-order valence-corrected chi connectivity index (χ0v) is 13.2. The maximum Gasteiger partial charge on any atom is 0.123 e. The molecule has 108 valence electrons. The minimum Gasteiger partial charge on any atom is -0.491 e. The van der Waals surface area contributed by atoms with Crippen molar-refractivity contribution in [2.75, 3.05) is 6.61 Å². The minimum absolute atomic E-state index is 0.0491. The number of hydrogen-bond acceptors (Lipinski definition) is 2. The third-order valence-corrected chi connectivity index (χ3v) is 3.07. The lowest BCUT2D eigenvalue weighted by molar-refractivity contribution is 0.120. The zero-order valence-electron chi connectivity index (χ0n) is 13.2. The van der Waals surface area contributed by atoms with Crippen molar-refractivity contribution in [1.82, 2.24) is 0 Å². The van der Waals surface area contributed by atoms with E-state index < -0.39 is 6.10 Å². The van der Waals surface area contributed by atoms with Crippen molar-refractivity contribution >= 4 is 0 Å². The van der Waals surface area contributed by atoms with Gasteiger partial charge in [-0.1, -0.05) is 52.8 Å². The van der Waals surface area contributed by atoms with Crippen LogP contribution in [0.4, 0.5) is 0 Å². The fourth-order valence-corrected chi connectivity index (χ4v) is 2.78. The van der Waals surface area contributed by atoms with Gasteiger partial charge in [-0.25, -0.2) is 0 Å². The molecule has 0 saturated carbocycles. The van der Waals surface area contributed by atoms with Gasteiger partial charge < -0.3 is 9.84 Å². The number of benzene rings is 1. The Kier molecular flexibility index (Phi) is 5.03. The predicted molar refractivity (Wildman–Crippen MR) is 80.7 cm³/mol. The topological polar surface area (TPSA) is 29.5 Å². The highest BCUT2D eigenvalue weighted by Gasteiger charge is 2.29. The van der Waals surface area contributed by atoms with Crippen LogP contribution in [0.5, 0.6) is 5.75 Å². The first kappa shape index (κ1) is 16.0. The van der Waals surface area contributed by atoms with Crippen LogP contribution in [0.2, 0.25) is 0 Å². The van der Waals surface area contributed by atoms with Crippen LogP contribution in [-0.2, 0) is 5.41 Å². The number of aliphatic hydroxyl groups excluding tert-OH is 1. The van der Waals surface area contributed by atoms with E-state index in [0.29, 0.717) is 6.61 Å². The lowest BCUT2D eigenvalue weighted by Gasteiger charge is -2.34. The van der Waals surface area contributed by atoms with E-state index in [2.05, 4.69) is 46.8 Å². The summed E-state index contributed by atoms with van der Waals surface area (Å²) in [6.45, 7) is 13.4. The molecule has 1 aromatic rings. The molecule has 0 aliphatic rings. The first-order chi connectivity index (χ1) is 8.62. The van der Waals surface area contributed by atoms with Crippen molar-refractivity contribution in [1.29, 1.82) is 0 Å². The molecule has 2 heteroatoms. The van der Waals surface area contributed by atoms with Crippen LogP contribution >= 0.6 is 0 Å². The third-order valence-electron chi connectivity index (χ3n) is 3.07. The Balaban J connectivity index is 2.98. The highest BCUT2D eigenvalue weighted by molar-refractivity contribution is 5.39. The standard InChI is InChI=1S/C17H28O2/c1-13(18)11-19-15-10-8-7-9-14(15)17(5,6)12-16(2,3)4/h7-10,13,18H,11-12H2,1-6H3. The van der Waals surface area contributed by atoms with E-state index in [9.17, 15) is 5.11 Å². The van der Waals surface area contributed by atoms with Crippen LogP contribution in [-0.4, -0.2) is 17.8 Å². The Morgan fingerprint density at radius 3 is 2.21 bits per heavy atom. The molecule has 1 aromatic carbocycles. The van der Waals surface area contributed by atoms with Gasteiger partial charge >= 0.3 is 0 Å². The molecular weight excluding hydrogens is 236 g/mol. The number of rotatable bonds is 5. The smallest absolute Gasteiger partial charge is 0.123 e. The molecule has 0 bridgehead atoms. The molecule has 0 aliphatic heterocycles. The average molecular weight is 264 g/mol. The minimum atomic E-state index is -0.446. The molecule has 0 saturated heterocycles. The second-order valence-electron chi connectivity index (χ2n) is 7.28. The molecule has 19 heavy (non-hydrogen) atoms. The van der Waals surface area contributed by atoms with Gasteiger partial charge in [0.05, 0.1) is 6.10 Å². The van der Waals surface area contributed by atoms with Gasteiger partial charge in [-0.3, -0.25) is 0 Å². The Bertz CT molecular complexity index is 400. The second kappa shape index (κ2) is 5.96. The highest BCUT2D eigenvalue weighted by Crippen LogP contribution is 2.40. The molecule has 0 fully saturated rings. The summed E-state index contributed by atoms with van der Waals surface area (Å²) in [6.07, 6.45) is 0.633. The fraction of sp³-hybridized carbons (Fsp3) is 0.647. The van der Waals surface area contributed by atoms with E-state index >= 15 is 0 Å². The first-order valence-corrected chi connectivity index (χ1v) is 7.02.